The SMILES string of the molecule is CCCCOc1cc(OCCCC)c2c(c1)O[C@H](c1cc(OCCCC)c(OCCCC)c(OCCCC)c1)[C@H](N)C2. The summed E-state index contributed by atoms with van der Waals surface area (Å²) in [4.78, 5) is 0. The molecule has 1 heterocycles. The Morgan fingerprint density at radius 3 is 1.62 bits per heavy atom. The Morgan fingerprint density at radius 1 is 0.619 bits per heavy atom. The quantitative estimate of drug-likeness (QED) is 0.147. The molecule has 2 atom stereocenters. The van der Waals surface area contributed by atoms with Crippen molar-refractivity contribution in [2.45, 2.75) is 117 Å². The summed E-state index contributed by atoms with van der Waals surface area (Å²) in [5.74, 6) is 4.36. The van der Waals surface area contributed by atoms with Crippen molar-refractivity contribution in [2.75, 3.05) is 33.0 Å². The zero-order valence-corrected chi connectivity index (χ0v) is 26.8. The van der Waals surface area contributed by atoms with Crippen LogP contribution in [0.4, 0.5) is 0 Å². The Kier molecular flexibility index (Phi) is 15.0. The number of nitrogens with two attached hydrogens (primary N) is 1. The second-order valence-electron chi connectivity index (χ2n) is 11.2. The minimum Gasteiger partial charge on any atom is -0.493 e. The average Bonchev–Trinajstić information content (AvgIpc) is 2.98. The van der Waals surface area contributed by atoms with Crippen molar-refractivity contribution in [3.05, 3.63) is 35.4 Å². The molecule has 2 N–H and O–H groups in total. The number of ether oxygens (including phenoxy) is 6. The van der Waals surface area contributed by atoms with Gasteiger partial charge >= 0.3 is 0 Å². The first-order valence-electron chi connectivity index (χ1n) is 16.5. The molecule has 1 aliphatic rings. The number of hydrogen-bond acceptors (Lipinski definition) is 7. The van der Waals surface area contributed by atoms with Gasteiger partial charge in [-0.1, -0.05) is 66.7 Å². The standard InChI is InChI=1S/C35H55NO6/c1-6-11-16-37-27-23-30(38-17-12-7-2)28-25-29(36)34(42-31(28)24-27)26-21-32(39-18-13-8-3)35(41-20-15-10-5)33(22-26)40-19-14-9-4/h21-24,29,34H,6-20,25,36H2,1-5H3/t29-,34-/m1/s1. The third kappa shape index (κ3) is 9.89. The Morgan fingerprint density at radius 2 is 1.10 bits per heavy atom. The number of fused-ring (bicyclic) bond motifs is 1. The lowest BCUT2D eigenvalue weighted by molar-refractivity contribution is 0.148. The lowest BCUT2D eigenvalue weighted by Crippen LogP contribution is -2.37. The maximum absolute atomic E-state index is 6.84. The summed E-state index contributed by atoms with van der Waals surface area (Å²) >= 11 is 0. The van der Waals surface area contributed by atoms with Crippen molar-refractivity contribution in [2.24, 2.45) is 5.73 Å². The molecule has 1 aliphatic heterocycles. The van der Waals surface area contributed by atoms with E-state index in [0.29, 0.717) is 56.7 Å². The molecule has 0 aromatic heterocycles. The fraction of sp³-hybridized carbons (Fsp3) is 0.657. The van der Waals surface area contributed by atoms with E-state index in [-0.39, 0.29) is 6.04 Å². The van der Waals surface area contributed by atoms with E-state index in [2.05, 4.69) is 34.6 Å². The van der Waals surface area contributed by atoms with Crippen LogP contribution in [0.3, 0.4) is 0 Å². The summed E-state index contributed by atoms with van der Waals surface area (Å²) in [6.45, 7) is 13.9. The molecule has 0 spiro atoms. The van der Waals surface area contributed by atoms with Crippen LogP contribution in [0.2, 0.25) is 0 Å². The third-order valence-corrected chi connectivity index (χ3v) is 7.37. The van der Waals surface area contributed by atoms with Gasteiger partial charge in [0.05, 0.1) is 39.1 Å². The zero-order valence-electron chi connectivity index (χ0n) is 26.8. The predicted molar refractivity (Wildman–Crippen MR) is 170 cm³/mol. The molecule has 7 nitrogen and oxygen atoms in total. The van der Waals surface area contributed by atoms with Gasteiger partial charge in [0.1, 0.15) is 23.4 Å². The van der Waals surface area contributed by atoms with E-state index >= 15 is 0 Å². The van der Waals surface area contributed by atoms with Crippen molar-refractivity contribution >= 4 is 0 Å². The monoisotopic (exact) mass is 585 g/mol. The van der Waals surface area contributed by atoms with Gasteiger partial charge in [0.15, 0.2) is 11.5 Å². The van der Waals surface area contributed by atoms with Crippen molar-refractivity contribution in [1.29, 1.82) is 0 Å². The van der Waals surface area contributed by atoms with Crippen LogP contribution in [0.15, 0.2) is 24.3 Å². The highest BCUT2D eigenvalue weighted by atomic mass is 16.5. The smallest absolute Gasteiger partial charge is 0.203 e. The molecule has 236 valence electrons. The van der Waals surface area contributed by atoms with Gasteiger partial charge in [0, 0.05) is 23.3 Å². The van der Waals surface area contributed by atoms with E-state index in [0.717, 1.165) is 92.6 Å². The molecule has 3 rings (SSSR count). The number of rotatable bonds is 21. The summed E-state index contributed by atoms with van der Waals surface area (Å²) in [6.07, 6.45) is 10.4. The Labute approximate surface area is 254 Å². The van der Waals surface area contributed by atoms with Gasteiger partial charge < -0.3 is 34.2 Å². The van der Waals surface area contributed by atoms with Crippen LogP contribution < -0.4 is 34.2 Å². The number of benzene rings is 2. The molecule has 0 saturated heterocycles. The highest BCUT2D eigenvalue weighted by Crippen LogP contribution is 2.46. The van der Waals surface area contributed by atoms with E-state index < -0.39 is 6.10 Å². The van der Waals surface area contributed by atoms with Gasteiger partial charge in [0.2, 0.25) is 5.75 Å². The molecule has 0 saturated carbocycles. The second-order valence-corrected chi connectivity index (χ2v) is 11.2. The maximum atomic E-state index is 6.84. The summed E-state index contributed by atoms with van der Waals surface area (Å²) in [6, 6.07) is 7.74. The summed E-state index contributed by atoms with van der Waals surface area (Å²) in [7, 11) is 0. The zero-order chi connectivity index (χ0) is 30.2. The minimum atomic E-state index is -0.390. The van der Waals surface area contributed by atoms with Crippen LogP contribution in [-0.4, -0.2) is 39.1 Å². The van der Waals surface area contributed by atoms with Crippen molar-refractivity contribution in [1.82, 2.24) is 0 Å². The van der Waals surface area contributed by atoms with Crippen LogP contribution in [0.5, 0.6) is 34.5 Å². The van der Waals surface area contributed by atoms with Crippen LogP contribution in [-0.2, 0) is 6.42 Å². The molecule has 2 aromatic rings. The van der Waals surface area contributed by atoms with Crippen molar-refractivity contribution in [3.8, 4) is 34.5 Å². The normalized spacial score (nSPS) is 16.0. The molecule has 42 heavy (non-hydrogen) atoms. The van der Waals surface area contributed by atoms with Crippen molar-refractivity contribution in [3.63, 3.8) is 0 Å². The molecule has 7 heteroatoms. The maximum Gasteiger partial charge on any atom is 0.203 e. The van der Waals surface area contributed by atoms with Gasteiger partial charge in [-0.2, -0.15) is 0 Å². The van der Waals surface area contributed by atoms with Gasteiger partial charge in [-0.15, -0.1) is 0 Å². The second kappa shape index (κ2) is 18.7. The largest absolute Gasteiger partial charge is 0.493 e. The van der Waals surface area contributed by atoms with Gasteiger partial charge in [-0.05, 0) is 50.7 Å². The van der Waals surface area contributed by atoms with Crippen LogP contribution >= 0.6 is 0 Å². The highest BCUT2D eigenvalue weighted by Gasteiger charge is 2.33. The molecule has 0 unspecified atom stereocenters. The van der Waals surface area contributed by atoms with Gasteiger partial charge in [-0.25, -0.2) is 0 Å². The fourth-order valence-electron chi connectivity index (χ4n) is 4.75. The van der Waals surface area contributed by atoms with E-state index in [1.54, 1.807) is 0 Å². The fourth-order valence-corrected chi connectivity index (χ4v) is 4.75. The number of hydrogen-bond donors (Lipinski definition) is 1. The summed E-state index contributed by atoms with van der Waals surface area (Å²) < 4.78 is 37.9. The molecule has 0 fully saturated rings. The molecule has 2 aromatic carbocycles. The average molecular weight is 586 g/mol. The first kappa shape index (κ1) is 33.7. The molecule has 0 aliphatic carbocycles. The summed E-state index contributed by atoms with van der Waals surface area (Å²) in [5.41, 5.74) is 8.75. The van der Waals surface area contributed by atoms with Crippen molar-refractivity contribution < 1.29 is 28.4 Å². The first-order chi connectivity index (χ1) is 20.6. The minimum absolute atomic E-state index is 0.281. The van der Waals surface area contributed by atoms with Crippen LogP contribution in [0.1, 0.15) is 116 Å². The van der Waals surface area contributed by atoms with E-state index in [1.165, 1.54) is 0 Å². The Bertz CT molecular complexity index is 1030. The third-order valence-electron chi connectivity index (χ3n) is 7.37. The highest BCUT2D eigenvalue weighted by molar-refractivity contribution is 5.56. The van der Waals surface area contributed by atoms with E-state index in [1.807, 2.05) is 24.3 Å². The topological polar surface area (TPSA) is 81.4 Å². The molecule has 0 amide bonds. The summed E-state index contributed by atoms with van der Waals surface area (Å²) in [5, 5.41) is 0. The Balaban J connectivity index is 1.99. The van der Waals surface area contributed by atoms with E-state index in [4.69, 9.17) is 34.2 Å². The Hall–Kier alpha value is -2.80. The predicted octanol–water partition coefficient (Wildman–Crippen LogP) is 8.58. The first-order valence-corrected chi connectivity index (χ1v) is 16.5. The van der Waals surface area contributed by atoms with E-state index in [9.17, 15) is 0 Å². The van der Waals surface area contributed by atoms with Gasteiger partial charge in [0.25, 0.3) is 0 Å². The van der Waals surface area contributed by atoms with Crippen LogP contribution in [0.25, 0.3) is 0 Å². The molecular formula is C35H55NO6. The lowest BCUT2D eigenvalue weighted by atomic mass is 9.92. The number of unbranched alkanes of at least 4 members (excludes halogenated alkanes) is 5. The molecule has 0 radical (unpaired) electrons. The molecule has 0 bridgehead atoms. The lowest BCUT2D eigenvalue weighted by Gasteiger charge is -2.33. The van der Waals surface area contributed by atoms with Crippen LogP contribution in [0, 0.1) is 0 Å². The van der Waals surface area contributed by atoms with Gasteiger partial charge in [-0.3, -0.25) is 0 Å². The molecular weight excluding hydrogens is 530 g/mol.